The number of likely N-dealkylation sites (tertiary alicyclic amines) is 1. The number of rotatable bonds is 4. The van der Waals surface area contributed by atoms with Crippen molar-refractivity contribution in [3.8, 4) is 11.4 Å². The van der Waals surface area contributed by atoms with Gasteiger partial charge in [0.25, 0.3) is 5.56 Å². The fraction of sp³-hybridized carbons (Fsp3) is 0.375. The summed E-state index contributed by atoms with van der Waals surface area (Å²) in [6.07, 6.45) is 2.71. The Bertz CT molecular complexity index is 751. The summed E-state index contributed by atoms with van der Waals surface area (Å²) in [6.45, 7) is 1.63. The Morgan fingerprint density at radius 3 is 2.52 bits per heavy atom. The lowest BCUT2D eigenvalue weighted by Crippen LogP contribution is -2.28. The van der Waals surface area contributed by atoms with Gasteiger partial charge in [-0.05, 0) is 37.1 Å². The third-order valence-electron chi connectivity index (χ3n) is 3.92. The molecule has 1 aromatic carbocycles. The van der Waals surface area contributed by atoms with Crippen LogP contribution >= 0.6 is 11.6 Å². The first-order chi connectivity index (χ1) is 11.1. The average Bonchev–Trinajstić information content (AvgIpc) is 3.08. The Kier molecular flexibility index (Phi) is 4.71. The minimum Gasteiger partial charge on any atom is -0.343 e. The van der Waals surface area contributed by atoms with Gasteiger partial charge >= 0.3 is 0 Å². The maximum atomic E-state index is 12.1. The molecule has 0 unspecified atom stereocenters. The third-order valence-corrected chi connectivity index (χ3v) is 4.17. The summed E-state index contributed by atoms with van der Waals surface area (Å²) in [6, 6.07) is 6.97. The molecule has 0 atom stereocenters. The Balaban J connectivity index is 1.68. The van der Waals surface area contributed by atoms with Gasteiger partial charge in [0.05, 0.1) is 0 Å². The molecule has 1 aliphatic rings. The van der Waals surface area contributed by atoms with Crippen LogP contribution in [-0.4, -0.2) is 39.1 Å². The van der Waals surface area contributed by atoms with Crippen molar-refractivity contribution >= 4 is 17.5 Å². The predicted octanol–water partition coefficient (Wildman–Crippen LogP) is 2.04. The molecular formula is C16H17ClN4O2. The number of aryl methyl sites for hydroxylation is 1. The molecule has 0 aliphatic carbocycles. The molecule has 0 radical (unpaired) electrons. The highest BCUT2D eigenvalue weighted by molar-refractivity contribution is 6.30. The van der Waals surface area contributed by atoms with E-state index in [1.54, 1.807) is 24.3 Å². The molecule has 2 aromatic rings. The lowest BCUT2D eigenvalue weighted by Gasteiger charge is -2.14. The number of halogens is 1. The van der Waals surface area contributed by atoms with Crippen LogP contribution in [0.5, 0.6) is 0 Å². The zero-order valence-corrected chi connectivity index (χ0v) is 13.3. The topological polar surface area (TPSA) is 79.0 Å². The van der Waals surface area contributed by atoms with Crippen LogP contribution in [0, 0.1) is 0 Å². The smallest absolute Gasteiger partial charge is 0.273 e. The molecule has 1 fully saturated rings. The van der Waals surface area contributed by atoms with Crippen molar-refractivity contribution < 1.29 is 4.79 Å². The molecule has 1 aliphatic heterocycles. The van der Waals surface area contributed by atoms with Gasteiger partial charge in [-0.3, -0.25) is 9.59 Å². The van der Waals surface area contributed by atoms with Gasteiger partial charge in [-0.1, -0.05) is 11.6 Å². The third kappa shape index (κ3) is 3.76. The molecule has 0 spiro atoms. The second-order valence-electron chi connectivity index (χ2n) is 5.54. The quantitative estimate of drug-likeness (QED) is 0.929. The molecule has 1 amide bonds. The molecule has 1 saturated heterocycles. The number of hydrogen-bond donors (Lipinski definition) is 1. The first-order valence-corrected chi connectivity index (χ1v) is 8.01. The fourth-order valence-electron chi connectivity index (χ4n) is 2.61. The van der Waals surface area contributed by atoms with Crippen LogP contribution in [0.25, 0.3) is 11.4 Å². The van der Waals surface area contributed by atoms with E-state index in [0.717, 1.165) is 31.5 Å². The van der Waals surface area contributed by atoms with Crippen molar-refractivity contribution in [2.24, 2.45) is 0 Å². The SMILES string of the molecule is O=C(CCc1nnc(-c2ccc(Cl)cc2)[nH]c1=O)N1CCCC1. The number of benzene rings is 1. The van der Waals surface area contributed by atoms with Gasteiger partial charge in [-0.25, -0.2) is 0 Å². The summed E-state index contributed by atoms with van der Waals surface area (Å²) in [5.74, 6) is 0.465. The van der Waals surface area contributed by atoms with E-state index in [1.807, 2.05) is 4.90 Å². The van der Waals surface area contributed by atoms with E-state index in [-0.39, 0.29) is 23.6 Å². The maximum Gasteiger partial charge on any atom is 0.273 e. The highest BCUT2D eigenvalue weighted by Gasteiger charge is 2.18. The summed E-state index contributed by atoms with van der Waals surface area (Å²) in [5.41, 5.74) is 0.716. The molecule has 3 rings (SSSR count). The molecule has 0 bridgehead atoms. The Labute approximate surface area is 138 Å². The molecule has 2 heterocycles. The number of H-pyrrole nitrogens is 1. The van der Waals surface area contributed by atoms with E-state index in [9.17, 15) is 9.59 Å². The zero-order valence-electron chi connectivity index (χ0n) is 12.6. The second kappa shape index (κ2) is 6.91. The number of aromatic nitrogens is 3. The van der Waals surface area contributed by atoms with Crippen LogP contribution in [0.4, 0.5) is 0 Å². The van der Waals surface area contributed by atoms with E-state index in [1.165, 1.54) is 0 Å². The summed E-state index contributed by atoms with van der Waals surface area (Å²) >= 11 is 5.84. The lowest BCUT2D eigenvalue weighted by molar-refractivity contribution is -0.130. The van der Waals surface area contributed by atoms with Crippen LogP contribution in [0.15, 0.2) is 29.1 Å². The first-order valence-electron chi connectivity index (χ1n) is 7.63. The Hall–Kier alpha value is -2.21. The van der Waals surface area contributed by atoms with Gasteiger partial charge in [-0.15, -0.1) is 10.2 Å². The minimum absolute atomic E-state index is 0.0745. The van der Waals surface area contributed by atoms with Gasteiger partial charge < -0.3 is 9.88 Å². The van der Waals surface area contributed by atoms with Crippen molar-refractivity contribution in [3.05, 3.63) is 45.3 Å². The van der Waals surface area contributed by atoms with Crippen molar-refractivity contribution in [2.45, 2.75) is 25.7 Å². The molecule has 23 heavy (non-hydrogen) atoms. The van der Waals surface area contributed by atoms with Crippen LogP contribution in [0.2, 0.25) is 5.02 Å². The van der Waals surface area contributed by atoms with Gasteiger partial charge in [0, 0.05) is 36.5 Å². The molecular weight excluding hydrogens is 316 g/mol. The first kappa shape index (κ1) is 15.7. The van der Waals surface area contributed by atoms with E-state index in [0.29, 0.717) is 17.3 Å². The summed E-state index contributed by atoms with van der Waals surface area (Å²) < 4.78 is 0. The standard InChI is InChI=1S/C16H17ClN4O2/c17-12-5-3-11(4-6-12)15-18-16(23)13(19-20-15)7-8-14(22)21-9-1-2-10-21/h3-6H,1-2,7-10H2,(H,18,20,23). The highest BCUT2D eigenvalue weighted by atomic mass is 35.5. The van der Waals surface area contributed by atoms with Crippen molar-refractivity contribution in [2.75, 3.05) is 13.1 Å². The number of carbonyl (C=O) groups excluding carboxylic acids is 1. The molecule has 7 heteroatoms. The number of carbonyl (C=O) groups is 1. The normalized spacial score (nSPS) is 14.2. The number of nitrogens with one attached hydrogen (secondary N) is 1. The van der Waals surface area contributed by atoms with E-state index >= 15 is 0 Å². The highest BCUT2D eigenvalue weighted by Crippen LogP contribution is 2.16. The molecule has 1 N–H and O–H groups in total. The molecule has 120 valence electrons. The summed E-state index contributed by atoms with van der Waals surface area (Å²) in [5, 5.41) is 8.63. The molecule has 6 nitrogen and oxygen atoms in total. The molecule has 0 saturated carbocycles. The van der Waals surface area contributed by atoms with E-state index < -0.39 is 0 Å². The maximum absolute atomic E-state index is 12.1. The largest absolute Gasteiger partial charge is 0.343 e. The van der Waals surface area contributed by atoms with Crippen LogP contribution in [-0.2, 0) is 11.2 Å². The van der Waals surface area contributed by atoms with Crippen molar-refractivity contribution in [1.29, 1.82) is 0 Å². The number of amides is 1. The average molecular weight is 333 g/mol. The molecule has 1 aromatic heterocycles. The number of hydrogen-bond acceptors (Lipinski definition) is 4. The predicted molar refractivity (Wildman–Crippen MR) is 87.2 cm³/mol. The lowest BCUT2D eigenvalue weighted by atomic mass is 10.2. The number of nitrogens with zero attached hydrogens (tertiary/aromatic N) is 3. The van der Waals surface area contributed by atoms with E-state index in [2.05, 4.69) is 15.2 Å². The number of aromatic amines is 1. The van der Waals surface area contributed by atoms with Crippen LogP contribution in [0.3, 0.4) is 0 Å². The van der Waals surface area contributed by atoms with Crippen molar-refractivity contribution in [3.63, 3.8) is 0 Å². The Morgan fingerprint density at radius 2 is 1.87 bits per heavy atom. The fourth-order valence-corrected chi connectivity index (χ4v) is 2.74. The van der Waals surface area contributed by atoms with Crippen LogP contribution in [0.1, 0.15) is 25.0 Å². The summed E-state index contributed by atoms with van der Waals surface area (Å²) in [4.78, 5) is 28.7. The minimum atomic E-state index is -0.306. The van der Waals surface area contributed by atoms with E-state index in [4.69, 9.17) is 11.6 Å². The van der Waals surface area contributed by atoms with Crippen LogP contribution < -0.4 is 5.56 Å². The van der Waals surface area contributed by atoms with Crippen molar-refractivity contribution in [1.82, 2.24) is 20.1 Å². The van der Waals surface area contributed by atoms with Gasteiger partial charge in [-0.2, -0.15) is 0 Å². The second-order valence-corrected chi connectivity index (χ2v) is 5.98. The van der Waals surface area contributed by atoms with Gasteiger partial charge in [0.2, 0.25) is 5.91 Å². The van der Waals surface area contributed by atoms with Gasteiger partial charge in [0.1, 0.15) is 5.69 Å². The zero-order chi connectivity index (χ0) is 16.2. The monoisotopic (exact) mass is 332 g/mol. The Morgan fingerprint density at radius 1 is 1.17 bits per heavy atom. The summed E-state index contributed by atoms with van der Waals surface area (Å²) in [7, 11) is 0. The van der Waals surface area contributed by atoms with Gasteiger partial charge in [0.15, 0.2) is 5.82 Å².